The molecule has 1 aliphatic heterocycles. The van der Waals surface area contributed by atoms with Crippen LogP contribution in [-0.2, 0) is 16.0 Å². The molecule has 148 valence electrons. The number of aryl methyl sites for hydroxylation is 1. The Morgan fingerprint density at radius 1 is 1.27 bits per heavy atom. The summed E-state index contributed by atoms with van der Waals surface area (Å²) >= 11 is 0. The number of halogens is 2. The molecule has 1 amide bonds. The van der Waals surface area contributed by atoms with Gasteiger partial charge in [0.1, 0.15) is 0 Å². The molecule has 0 unspecified atom stereocenters. The standard InChI is InChI=1S/C18H27N3O3.2ClH/c1-2-5-14-12-21(11-9-18(23)24)13-16(14)20-17(22)8-7-15-6-3-4-10-19-15;;/h3-4,6,10,14,16H,2,5,7-9,11-13H2,1H3,(H,20,22)(H,23,24);2*1H/t14-,16-;;/m0../s1. The highest BCUT2D eigenvalue weighted by molar-refractivity contribution is 5.85. The average Bonchev–Trinajstić information content (AvgIpc) is 2.94. The van der Waals surface area contributed by atoms with Crippen LogP contribution in [0.3, 0.4) is 0 Å². The van der Waals surface area contributed by atoms with Gasteiger partial charge < -0.3 is 15.3 Å². The second-order valence-corrected chi connectivity index (χ2v) is 6.45. The maximum Gasteiger partial charge on any atom is 0.304 e. The first kappa shape index (κ1) is 24.6. The minimum Gasteiger partial charge on any atom is -0.481 e. The Morgan fingerprint density at radius 2 is 2.04 bits per heavy atom. The first-order valence-electron chi connectivity index (χ1n) is 8.72. The first-order chi connectivity index (χ1) is 11.6. The maximum absolute atomic E-state index is 12.2. The SMILES string of the molecule is CCC[C@H]1CN(CCC(=O)O)C[C@@H]1NC(=O)CCc1ccccn1.Cl.Cl. The highest BCUT2D eigenvalue weighted by Gasteiger charge is 2.32. The fourth-order valence-electron chi connectivity index (χ4n) is 3.29. The molecule has 2 atom stereocenters. The van der Waals surface area contributed by atoms with Gasteiger partial charge in [-0.3, -0.25) is 14.6 Å². The van der Waals surface area contributed by atoms with E-state index in [1.165, 1.54) is 0 Å². The fourth-order valence-corrected chi connectivity index (χ4v) is 3.29. The Kier molecular flexibility index (Phi) is 12.2. The molecule has 6 nitrogen and oxygen atoms in total. The number of hydrogen-bond acceptors (Lipinski definition) is 4. The number of hydrogen-bond donors (Lipinski definition) is 2. The van der Waals surface area contributed by atoms with E-state index in [2.05, 4.69) is 22.1 Å². The number of carboxylic acid groups (broad SMARTS) is 1. The van der Waals surface area contributed by atoms with Crippen LogP contribution in [0.15, 0.2) is 24.4 Å². The quantitative estimate of drug-likeness (QED) is 0.659. The van der Waals surface area contributed by atoms with Gasteiger partial charge in [-0.05, 0) is 30.9 Å². The number of aliphatic carboxylic acids is 1. The number of carbonyl (C=O) groups excluding carboxylic acids is 1. The third-order valence-electron chi connectivity index (χ3n) is 4.50. The molecule has 0 radical (unpaired) electrons. The molecule has 0 aliphatic carbocycles. The Labute approximate surface area is 167 Å². The largest absolute Gasteiger partial charge is 0.481 e. The third kappa shape index (κ3) is 8.34. The van der Waals surface area contributed by atoms with Crippen LogP contribution < -0.4 is 5.32 Å². The predicted molar refractivity (Wildman–Crippen MR) is 106 cm³/mol. The Morgan fingerprint density at radius 3 is 2.65 bits per heavy atom. The minimum absolute atomic E-state index is 0. The molecule has 8 heteroatoms. The molecule has 1 aromatic heterocycles. The van der Waals surface area contributed by atoms with Crippen molar-refractivity contribution in [1.29, 1.82) is 0 Å². The summed E-state index contributed by atoms with van der Waals surface area (Å²) in [6.45, 7) is 4.30. The zero-order chi connectivity index (χ0) is 17.4. The molecule has 26 heavy (non-hydrogen) atoms. The lowest BCUT2D eigenvalue weighted by molar-refractivity contribution is -0.137. The number of likely N-dealkylation sites (tertiary alicyclic amines) is 1. The highest BCUT2D eigenvalue weighted by Crippen LogP contribution is 2.22. The molecule has 0 spiro atoms. The van der Waals surface area contributed by atoms with E-state index in [-0.39, 0.29) is 43.2 Å². The van der Waals surface area contributed by atoms with Gasteiger partial charge in [-0.15, -0.1) is 24.8 Å². The van der Waals surface area contributed by atoms with Crippen molar-refractivity contribution in [2.24, 2.45) is 5.92 Å². The van der Waals surface area contributed by atoms with Crippen molar-refractivity contribution in [3.8, 4) is 0 Å². The summed E-state index contributed by atoms with van der Waals surface area (Å²) in [4.78, 5) is 29.4. The van der Waals surface area contributed by atoms with Crippen LogP contribution in [0.2, 0.25) is 0 Å². The maximum atomic E-state index is 12.2. The number of pyridine rings is 1. The van der Waals surface area contributed by atoms with Gasteiger partial charge in [0.2, 0.25) is 5.91 Å². The molecule has 0 aromatic carbocycles. The lowest BCUT2D eigenvalue weighted by atomic mass is 9.98. The van der Waals surface area contributed by atoms with Crippen molar-refractivity contribution in [3.05, 3.63) is 30.1 Å². The second kappa shape index (κ2) is 12.9. The van der Waals surface area contributed by atoms with E-state index >= 15 is 0 Å². The Hall–Kier alpha value is -1.37. The first-order valence-corrected chi connectivity index (χ1v) is 8.72. The van der Waals surface area contributed by atoms with Crippen LogP contribution in [-0.4, -0.2) is 52.5 Å². The van der Waals surface area contributed by atoms with E-state index in [9.17, 15) is 9.59 Å². The van der Waals surface area contributed by atoms with Gasteiger partial charge in [0.25, 0.3) is 0 Å². The van der Waals surface area contributed by atoms with E-state index in [1.807, 2.05) is 18.2 Å². The van der Waals surface area contributed by atoms with Crippen LogP contribution in [0.1, 0.15) is 38.3 Å². The minimum atomic E-state index is -0.773. The van der Waals surface area contributed by atoms with Gasteiger partial charge in [0.15, 0.2) is 0 Å². The van der Waals surface area contributed by atoms with Gasteiger partial charge in [-0.2, -0.15) is 0 Å². The summed E-state index contributed by atoms with van der Waals surface area (Å²) in [5, 5.41) is 12.0. The van der Waals surface area contributed by atoms with Gasteiger partial charge in [-0.25, -0.2) is 0 Å². The number of carbonyl (C=O) groups is 2. The normalized spacial score (nSPS) is 19.3. The van der Waals surface area contributed by atoms with E-state index in [0.717, 1.165) is 31.6 Å². The zero-order valence-electron chi connectivity index (χ0n) is 15.1. The van der Waals surface area contributed by atoms with E-state index in [0.29, 0.717) is 25.3 Å². The average molecular weight is 406 g/mol. The number of nitrogens with one attached hydrogen (secondary N) is 1. The molecule has 1 aliphatic rings. The highest BCUT2D eigenvalue weighted by atomic mass is 35.5. The molecule has 2 rings (SSSR count). The number of aromatic nitrogens is 1. The van der Waals surface area contributed by atoms with Crippen LogP contribution in [0.5, 0.6) is 0 Å². The summed E-state index contributed by atoms with van der Waals surface area (Å²) in [5.74, 6) is -0.320. The van der Waals surface area contributed by atoms with E-state index in [1.54, 1.807) is 6.20 Å². The molecular formula is C18H29Cl2N3O3. The van der Waals surface area contributed by atoms with Crippen molar-refractivity contribution < 1.29 is 14.7 Å². The summed E-state index contributed by atoms with van der Waals surface area (Å²) in [5.41, 5.74) is 0.923. The predicted octanol–water partition coefficient (Wildman–Crippen LogP) is 2.55. The topological polar surface area (TPSA) is 82.5 Å². The van der Waals surface area contributed by atoms with E-state index < -0.39 is 5.97 Å². The lowest BCUT2D eigenvalue weighted by Crippen LogP contribution is -2.40. The smallest absolute Gasteiger partial charge is 0.304 e. The number of nitrogens with zero attached hydrogens (tertiary/aromatic N) is 2. The van der Waals surface area contributed by atoms with Crippen molar-refractivity contribution in [1.82, 2.24) is 15.2 Å². The zero-order valence-corrected chi connectivity index (χ0v) is 16.7. The van der Waals surface area contributed by atoms with Crippen molar-refractivity contribution in [2.75, 3.05) is 19.6 Å². The summed E-state index contributed by atoms with van der Waals surface area (Å²) in [6, 6.07) is 5.84. The van der Waals surface area contributed by atoms with Crippen molar-refractivity contribution in [3.63, 3.8) is 0 Å². The summed E-state index contributed by atoms with van der Waals surface area (Å²) in [7, 11) is 0. The lowest BCUT2D eigenvalue weighted by Gasteiger charge is -2.19. The van der Waals surface area contributed by atoms with Crippen LogP contribution >= 0.6 is 24.8 Å². The van der Waals surface area contributed by atoms with Crippen LogP contribution in [0.25, 0.3) is 0 Å². The molecule has 2 N–H and O–H groups in total. The van der Waals surface area contributed by atoms with Gasteiger partial charge in [0, 0.05) is 44.0 Å². The fraction of sp³-hybridized carbons (Fsp3) is 0.611. The number of rotatable bonds is 9. The molecular weight excluding hydrogens is 377 g/mol. The molecule has 2 heterocycles. The van der Waals surface area contributed by atoms with Gasteiger partial charge in [0.05, 0.1) is 6.42 Å². The summed E-state index contributed by atoms with van der Waals surface area (Å²) < 4.78 is 0. The van der Waals surface area contributed by atoms with Gasteiger partial charge in [-0.1, -0.05) is 19.4 Å². The molecule has 0 saturated carbocycles. The molecule has 1 saturated heterocycles. The third-order valence-corrected chi connectivity index (χ3v) is 4.50. The van der Waals surface area contributed by atoms with Gasteiger partial charge >= 0.3 is 5.97 Å². The Bertz CT molecular complexity index is 546. The van der Waals surface area contributed by atoms with Crippen molar-refractivity contribution in [2.45, 2.75) is 45.1 Å². The number of amides is 1. The molecule has 0 bridgehead atoms. The van der Waals surface area contributed by atoms with Crippen molar-refractivity contribution >= 4 is 36.7 Å². The Balaban J connectivity index is 0.00000312. The van der Waals surface area contributed by atoms with Crippen LogP contribution in [0, 0.1) is 5.92 Å². The number of carboxylic acids is 1. The second-order valence-electron chi connectivity index (χ2n) is 6.45. The van der Waals surface area contributed by atoms with Crippen LogP contribution in [0.4, 0.5) is 0 Å². The molecule has 1 fully saturated rings. The van der Waals surface area contributed by atoms with E-state index in [4.69, 9.17) is 5.11 Å². The monoisotopic (exact) mass is 405 g/mol. The molecule has 1 aromatic rings. The summed E-state index contributed by atoms with van der Waals surface area (Å²) in [6.07, 6.45) is 5.08.